The fourth-order valence-corrected chi connectivity index (χ4v) is 2.95. The molecule has 0 amide bonds. The minimum Gasteiger partial charge on any atom is -0.494 e. The zero-order valence-electron chi connectivity index (χ0n) is 11.6. The van der Waals surface area contributed by atoms with Crippen LogP contribution in [0, 0.1) is 5.82 Å². The van der Waals surface area contributed by atoms with E-state index in [-0.39, 0.29) is 11.6 Å². The predicted molar refractivity (Wildman–Crippen MR) is 82.0 cm³/mol. The second kappa shape index (κ2) is 7.38. The Morgan fingerprint density at radius 1 is 1.45 bits per heavy atom. The van der Waals surface area contributed by atoms with Crippen LogP contribution in [0.25, 0.3) is 0 Å². The number of guanidine groups is 1. The second-order valence-corrected chi connectivity index (χ2v) is 5.78. The molecule has 110 valence electrons. The monoisotopic (exact) mass is 297 g/mol. The summed E-state index contributed by atoms with van der Waals surface area (Å²) in [5.74, 6) is 2.74. The summed E-state index contributed by atoms with van der Waals surface area (Å²) in [6.45, 7) is 2.53. The maximum atomic E-state index is 13.3. The Hall–Kier alpha value is -1.43. The van der Waals surface area contributed by atoms with E-state index in [0.717, 1.165) is 36.6 Å². The highest BCUT2D eigenvalue weighted by molar-refractivity contribution is 7.99. The molecule has 0 spiro atoms. The Bertz CT molecular complexity index is 475. The molecule has 0 atom stereocenters. The van der Waals surface area contributed by atoms with Crippen LogP contribution in [-0.2, 0) is 6.42 Å². The van der Waals surface area contributed by atoms with Gasteiger partial charge in [0.25, 0.3) is 0 Å². The molecule has 0 aromatic heterocycles. The largest absolute Gasteiger partial charge is 0.494 e. The van der Waals surface area contributed by atoms with Crippen LogP contribution in [0.4, 0.5) is 4.39 Å². The molecule has 0 bridgehead atoms. The smallest absolute Gasteiger partial charge is 0.191 e. The fourth-order valence-electron chi connectivity index (χ4n) is 2.05. The summed E-state index contributed by atoms with van der Waals surface area (Å²) < 4.78 is 18.2. The number of nitrogens with two attached hydrogens (primary N) is 1. The zero-order valence-corrected chi connectivity index (χ0v) is 12.5. The van der Waals surface area contributed by atoms with Gasteiger partial charge in [-0.05, 0) is 24.1 Å². The Labute approximate surface area is 123 Å². The Kier molecular flexibility index (Phi) is 5.52. The average molecular weight is 297 g/mol. The van der Waals surface area contributed by atoms with Gasteiger partial charge in [-0.15, -0.1) is 0 Å². The summed E-state index contributed by atoms with van der Waals surface area (Å²) in [6.07, 6.45) is 0.722. The first-order valence-corrected chi connectivity index (χ1v) is 7.81. The first-order chi connectivity index (χ1) is 9.70. The summed E-state index contributed by atoms with van der Waals surface area (Å²) in [6, 6.07) is 4.88. The molecule has 1 aliphatic rings. The van der Waals surface area contributed by atoms with Crippen LogP contribution < -0.4 is 10.5 Å². The standard InChI is InChI=1S/C14H20FN3OS/c1-19-13-10-11(2-3-12(13)15)4-5-17-14(16)18-6-8-20-9-7-18/h2-3,10H,4-9H2,1H3,(H2,16,17). The lowest BCUT2D eigenvalue weighted by molar-refractivity contribution is 0.386. The summed E-state index contributed by atoms with van der Waals surface area (Å²) in [7, 11) is 1.46. The van der Waals surface area contributed by atoms with Crippen molar-refractivity contribution in [3.05, 3.63) is 29.6 Å². The van der Waals surface area contributed by atoms with Crippen molar-refractivity contribution in [2.45, 2.75) is 6.42 Å². The minimum absolute atomic E-state index is 0.271. The normalized spacial score (nSPS) is 16.3. The molecule has 1 heterocycles. The molecule has 1 fully saturated rings. The molecular formula is C14H20FN3OS. The Morgan fingerprint density at radius 2 is 2.20 bits per heavy atom. The van der Waals surface area contributed by atoms with Gasteiger partial charge in [-0.3, -0.25) is 4.99 Å². The van der Waals surface area contributed by atoms with Crippen LogP contribution >= 0.6 is 11.8 Å². The van der Waals surface area contributed by atoms with E-state index >= 15 is 0 Å². The minimum atomic E-state index is -0.343. The Balaban J connectivity index is 1.88. The van der Waals surface area contributed by atoms with Crippen molar-refractivity contribution >= 4 is 17.7 Å². The predicted octanol–water partition coefficient (Wildman–Crippen LogP) is 1.74. The van der Waals surface area contributed by atoms with Gasteiger partial charge < -0.3 is 15.4 Å². The number of hydrogen-bond acceptors (Lipinski definition) is 3. The SMILES string of the molecule is COc1cc(CCN=C(N)N2CCSCC2)ccc1F. The van der Waals surface area contributed by atoms with E-state index in [1.807, 2.05) is 11.8 Å². The third kappa shape index (κ3) is 4.03. The van der Waals surface area contributed by atoms with E-state index in [2.05, 4.69) is 9.89 Å². The summed E-state index contributed by atoms with van der Waals surface area (Å²) >= 11 is 1.94. The number of ether oxygens (including phenoxy) is 1. The lowest BCUT2D eigenvalue weighted by Gasteiger charge is -2.27. The molecule has 2 rings (SSSR count). The van der Waals surface area contributed by atoms with Crippen molar-refractivity contribution in [1.29, 1.82) is 0 Å². The highest BCUT2D eigenvalue weighted by Gasteiger charge is 2.11. The first-order valence-electron chi connectivity index (χ1n) is 6.65. The van der Waals surface area contributed by atoms with Crippen molar-refractivity contribution in [1.82, 2.24) is 4.90 Å². The van der Waals surface area contributed by atoms with Gasteiger partial charge >= 0.3 is 0 Å². The number of methoxy groups -OCH3 is 1. The second-order valence-electron chi connectivity index (χ2n) is 4.56. The van der Waals surface area contributed by atoms with Crippen molar-refractivity contribution in [2.75, 3.05) is 38.2 Å². The zero-order chi connectivity index (χ0) is 14.4. The molecule has 1 saturated heterocycles. The molecular weight excluding hydrogens is 277 g/mol. The lowest BCUT2D eigenvalue weighted by atomic mass is 10.1. The number of aliphatic imine (C=N–C) groups is 1. The van der Waals surface area contributed by atoms with Crippen LogP contribution in [0.2, 0.25) is 0 Å². The Morgan fingerprint density at radius 3 is 2.90 bits per heavy atom. The molecule has 1 aliphatic heterocycles. The highest BCUT2D eigenvalue weighted by Crippen LogP contribution is 2.18. The number of nitrogens with zero attached hydrogens (tertiary/aromatic N) is 2. The van der Waals surface area contributed by atoms with Gasteiger partial charge in [-0.1, -0.05) is 6.07 Å². The molecule has 0 radical (unpaired) electrons. The van der Waals surface area contributed by atoms with Crippen LogP contribution in [0.5, 0.6) is 5.75 Å². The summed E-state index contributed by atoms with van der Waals surface area (Å²) in [5.41, 5.74) is 6.97. The van der Waals surface area contributed by atoms with Gasteiger partial charge in [-0.2, -0.15) is 11.8 Å². The van der Waals surface area contributed by atoms with Gasteiger partial charge in [0.2, 0.25) is 0 Å². The molecule has 6 heteroatoms. The molecule has 1 aromatic rings. The number of halogens is 1. The van der Waals surface area contributed by atoms with Gasteiger partial charge in [-0.25, -0.2) is 4.39 Å². The topological polar surface area (TPSA) is 50.9 Å². The van der Waals surface area contributed by atoms with E-state index in [1.54, 1.807) is 12.1 Å². The van der Waals surface area contributed by atoms with E-state index < -0.39 is 0 Å². The number of benzene rings is 1. The first kappa shape index (κ1) is 15.0. The molecule has 2 N–H and O–H groups in total. The molecule has 1 aromatic carbocycles. The van der Waals surface area contributed by atoms with Crippen LogP contribution in [0.1, 0.15) is 5.56 Å². The average Bonchev–Trinajstić information content (AvgIpc) is 2.49. The number of thioether (sulfide) groups is 1. The summed E-state index contributed by atoms with van der Waals surface area (Å²) in [4.78, 5) is 6.51. The summed E-state index contributed by atoms with van der Waals surface area (Å²) in [5, 5.41) is 0. The molecule has 0 saturated carbocycles. The number of hydrogen-bond donors (Lipinski definition) is 1. The molecule has 0 unspecified atom stereocenters. The third-order valence-corrected chi connectivity index (χ3v) is 4.17. The number of rotatable bonds is 4. The van der Waals surface area contributed by atoms with E-state index in [9.17, 15) is 4.39 Å². The van der Waals surface area contributed by atoms with Crippen LogP contribution in [-0.4, -0.2) is 49.1 Å². The molecule has 4 nitrogen and oxygen atoms in total. The van der Waals surface area contributed by atoms with E-state index in [1.165, 1.54) is 13.2 Å². The van der Waals surface area contributed by atoms with Crippen molar-refractivity contribution in [3.63, 3.8) is 0 Å². The third-order valence-electron chi connectivity index (χ3n) is 3.22. The van der Waals surface area contributed by atoms with Crippen molar-refractivity contribution in [3.8, 4) is 5.75 Å². The fraction of sp³-hybridized carbons (Fsp3) is 0.500. The molecule has 20 heavy (non-hydrogen) atoms. The van der Waals surface area contributed by atoms with Crippen LogP contribution in [0.3, 0.4) is 0 Å². The quantitative estimate of drug-likeness (QED) is 0.679. The maximum Gasteiger partial charge on any atom is 0.191 e. The van der Waals surface area contributed by atoms with Gasteiger partial charge in [0.15, 0.2) is 17.5 Å². The van der Waals surface area contributed by atoms with Crippen molar-refractivity contribution < 1.29 is 9.13 Å². The molecule has 0 aliphatic carbocycles. The highest BCUT2D eigenvalue weighted by atomic mass is 32.2. The lowest BCUT2D eigenvalue weighted by Crippen LogP contribution is -2.42. The van der Waals surface area contributed by atoms with Crippen molar-refractivity contribution in [2.24, 2.45) is 10.7 Å². The van der Waals surface area contributed by atoms with Crippen LogP contribution in [0.15, 0.2) is 23.2 Å². The van der Waals surface area contributed by atoms with Gasteiger partial charge in [0, 0.05) is 31.1 Å². The van der Waals surface area contributed by atoms with E-state index in [0.29, 0.717) is 12.5 Å². The van der Waals surface area contributed by atoms with Gasteiger partial charge in [0.1, 0.15) is 0 Å². The van der Waals surface area contributed by atoms with Gasteiger partial charge in [0.05, 0.1) is 7.11 Å². The van der Waals surface area contributed by atoms with E-state index in [4.69, 9.17) is 10.5 Å². The maximum absolute atomic E-state index is 13.3.